The highest BCUT2D eigenvalue weighted by Gasteiger charge is 2.18. The molecule has 110 valence electrons. The molecule has 0 fully saturated rings. The summed E-state index contributed by atoms with van der Waals surface area (Å²) < 4.78 is 5.40. The van der Waals surface area contributed by atoms with Crippen LogP contribution in [-0.4, -0.2) is 12.2 Å². The van der Waals surface area contributed by atoms with Crippen LogP contribution >= 0.6 is 0 Å². The molecule has 1 N–H and O–H groups in total. The summed E-state index contributed by atoms with van der Waals surface area (Å²) in [4.78, 5) is 0. The molecule has 1 unspecified atom stereocenters. The Labute approximate surface area is 126 Å². The van der Waals surface area contributed by atoms with Crippen LogP contribution in [0.3, 0.4) is 0 Å². The average Bonchev–Trinajstić information content (AvgIpc) is 2.53. The number of fused-ring (bicyclic) bond motifs is 1. The largest absolute Gasteiger partial charge is 0.496 e. The van der Waals surface area contributed by atoms with E-state index >= 15 is 0 Å². The number of hydrogen-bond donors (Lipinski definition) is 1. The number of hydrogen-bond acceptors (Lipinski definition) is 2. The first-order chi connectivity index (χ1) is 10.2. The highest BCUT2D eigenvalue weighted by atomic mass is 16.5. The Balaban J connectivity index is 1.98. The quantitative estimate of drug-likeness (QED) is 0.923. The Morgan fingerprint density at radius 2 is 1.76 bits per heavy atom. The number of aliphatic hydroxyl groups excluding tert-OH is 1. The molecule has 0 saturated carbocycles. The molecule has 2 aromatic carbocycles. The smallest absolute Gasteiger partial charge is 0.125 e. The predicted molar refractivity (Wildman–Crippen MR) is 84.9 cm³/mol. The zero-order chi connectivity index (χ0) is 14.8. The van der Waals surface area contributed by atoms with Gasteiger partial charge in [0.25, 0.3) is 0 Å². The Morgan fingerprint density at radius 3 is 2.52 bits per heavy atom. The maximum atomic E-state index is 10.7. The van der Waals surface area contributed by atoms with Crippen molar-refractivity contribution in [2.24, 2.45) is 0 Å². The first-order valence-corrected chi connectivity index (χ1v) is 7.63. The zero-order valence-corrected chi connectivity index (χ0v) is 12.7. The molecule has 0 aliphatic heterocycles. The Bertz CT molecular complexity index is 646. The third-order valence-electron chi connectivity index (χ3n) is 4.37. The molecule has 2 aromatic rings. The fourth-order valence-corrected chi connectivity index (χ4v) is 3.17. The van der Waals surface area contributed by atoms with E-state index in [1.165, 1.54) is 30.4 Å². The molecule has 0 heterocycles. The topological polar surface area (TPSA) is 29.5 Å². The Morgan fingerprint density at radius 1 is 1.00 bits per heavy atom. The van der Waals surface area contributed by atoms with Gasteiger partial charge in [-0.3, -0.25) is 0 Å². The van der Waals surface area contributed by atoms with Gasteiger partial charge < -0.3 is 9.84 Å². The molecule has 2 nitrogen and oxygen atoms in total. The van der Waals surface area contributed by atoms with E-state index in [0.29, 0.717) is 0 Å². The maximum absolute atomic E-state index is 10.7. The fourth-order valence-electron chi connectivity index (χ4n) is 3.17. The molecule has 21 heavy (non-hydrogen) atoms. The molecule has 0 aromatic heterocycles. The normalized spacial score (nSPS) is 15.4. The highest BCUT2D eigenvalue weighted by molar-refractivity contribution is 5.44. The summed E-state index contributed by atoms with van der Waals surface area (Å²) >= 11 is 0. The lowest BCUT2D eigenvalue weighted by Crippen LogP contribution is -2.07. The van der Waals surface area contributed by atoms with Crippen LogP contribution < -0.4 is 4.74 Å². The van der Waals surface area contributed by atoms with Gasteiger partial charge in [-0.05, 0) is 61.4 Å². The third-order valence-corrected chi connectivity index (χ3v) is 4.37. The summed E-state index contributed by atoms with van der Waals surface area (Å²) in [7, 11) is 1.65. The molecular weight excluding hydrogens is 260 g/mol. The molecule has 1 atom stereocenters. The summed E-state index contributed by atoms with van der Waals surface area (Å²) in [5.41, 5.74) is 5.76. The molecule has 2 heteroatoms. The van der Waals surface area contributed by atoms with Crippen LogP contribution in [0, 0.1) is 6.92 Å². The summed E-state index contributed by atoms with van der Waals surface area (Å²) in [5.74, 6) is 0.742. The van der Waals surface area contributed by atoms with E-state index in [9.17, 15) is 5.11 Å². The number of aryl methyl sites for hydroxylation is 3. The molecule has 3 rings (SSSR count). The monoisotopic (exact) mass is 282 g/mol. The van der Waals surface area contributed by atoms with Crippen LogP contribution in [-0.2, 0) is 12.8 Å². The van der Waals surface area contributed by atoms with Gasteiger partial charge in [0.2, 0.25) is 0 Å². The Hall–Kier alpha value is -1.80. The number of ether oxygens (including phenoxy) is 1. The molecule has 0 bridgehead atoms. The molecule has 0 radical (unpaired) electrons. The minimum atomic E-state index is -0.632. The first-order valence-electron chi connectivity index (χ1n) is 7.63. The Kier molecular flexibility index (Phi) is 3.98. The van der Waals surface area contributed by atoms with Crippen LogP contribution in [0.4, 0.5) is 0 Å². The van der Waals surface area contributed by atoms with Crippen molar-refractivity contribution in [3.8, 4) is 5.75 Å². The van der Waals surface area contributed by atoms with E-state index in [-0.39, 0.29) is 0 Å². The van der Waals surface area contributed by atoms with E-state index < -0.39 is 6.10 Å². The van der Waals surface area contributed by atoms with Gasteiger partial charge in [0.15, 0.2) is 0 Å². The van der Waals surface area contributed by atoms with E-state index in [0.717, 1.165) is 28.9 Å². The first kappa shape index (κ1) is 14.2. The van der Waals surface area contributed by atoms with Crippen molar-refractivity contribution in [1.29, 1.82) is 0 Å². The van der Waals surface area contributed by atoms with Gasteiger partial charge in [0.05, 0.1) is 7.11 Å². The van der Waals surface area contributed by atoms with Gasteiger partial charge in [-0.15, -0.1) is 0 Å². The number of methoxy groups -OCH3 is 1. The van der Waals surface area contributed by atoms with Gasteiger partial charge in [-0.1, -0.05) is 29.8 Å². The third kappa shape index (κ3) is 2.81. The second-order valence-corrected chi connectivity index (χ2v) is 5.88. The van der Waals surface area contributed by atoms with E-state index in [1.54, 1.807) is 7.11 Å². The van der Waals surface area contributed by atoms with Crippen LogP contribution in [0.2, 0.25) is 0 Å². The van der Waals surface area contributed by atoms with Crippen molar-refractivity contribution in [2.45, 2.75) is 38.7 Å². The number of aliphatic hydroxyl groups is 1. The van der Waals surface area contributed by atoms with Gasteiger partial charge in [-0.25, -0.2) is 0 Å². The van der Waals surface area contributed by atoms with Gasteiger partial charge in [0, 0.05) is 5.56 Å². The summed E-state index contributed by atoms with van der Waals surface area (Å²) in [6.07, 6.45) is 4.19. The van der Waals surface area contributed by atoms with Crippen LogP contribution in [0.1, 0.15) is 46.8 Å². The van der Waals surface area contributed by atoms with Gasteiger partial charge in [0.1, 0.15) is 11.9 Å². The number of benzene rings is 2. The summed E-state index contributed by atoms with van der Waals surface area (Å²) in [6.45, 7) is 2.03. The van der Waals surface area contributed by atoms with Crippen molar-refractivity contribution < 1.29 is 9.84 Å². The van der Waals surface area contributed by atoms with Crippen LogP contribution in [0.25, 0.3) is 0 Å². The van der Waals surface area contributed by atoms with Crippen LogP contribution in [0.15, 0.2) is 36.4 Å². The van der Waals surface area contributed by atoms with Crippen molar-refractivity contribution in [1.82, 2.24) is 0 Å². The standard InChI is InChI=1S/C19H22O2/c1-13-7-10-18(21-2)17(11-13)19(20)16-9-8-14-5-3-4-6-15(14)12-16/h7-12,19-20H,3-6H2,1-2H3. The SMILES string of the molecule is COc1ccc(C)cc1C(O)c1ccc2c(c1)CCCC2. The summed E-state index contributed by atoms with van der Waals surface area (Å²) in [5, 5.41) is 10.7. The summed E-state index contributed by atoms with van der Waals surface area (Å²) in [6, 6.07) is 12.3. The lowest BCUT2D eigenvalue weighted by molar-refractivity contribution is 0.214. The van der Waals surface area contributed by atoms with E-state index in [4.69, 9.17) is 4.74 Å². The molecule has 0 amide bonds. The van der Waals surface area contributed by atoms with Crippen molar-refractivity contribution in [3.63, 3.8) is 0 Å². The predicted octanol–water partition coefficient (Wildman–Crippen LogP) is 3.96. The van der Waals surface area contributed by atoms with Gasteiger partial charge in [-0.2, -0.15) is 0 Å². The van der Waals surface area contributed by atoms with Gasteiger partial charge >= 0.3 is 0 Å². The zero-order valence-electron chi connectivity index (χ0n) is 12.7. The fraction of sp³-hybridized carbons (Fsp3) is 0.368. The second kappa shape index (κ2) is 5.90. The maximum Gasteiger partial charge on any atom is 0.125 e. The van der Waals surface area contributed by atoms with E-state index in [1.807, 2.05) is 25.1 Å². The molecular formula is C19H22O2. The molecule has 1 aliphatic carbocycles. The minimum absolute atomic E-state index is 0.632. The van der Waals surface area contributed by atoms with Crippen molar-refractivity contribution in [2.75, 3.05) is 7.11 Å². The van der Waals surface area contributed by atoms with Crippen molar-refractivity contribution in [3.05, 3.63) is 64.2 Å². The lowest BCUT2D eigenvalue weighted by atomic mass is 9.88. The second-order valence-electron chi connectivity index (χ2n) is 5.88. The number of rotatable bonds is 3. The highest BCUT2D eigenvalue weighted by Crippen LogP contribution is 2.33. The van der Waals surface area contributed by atoms with E-state index in [2.05, 4.69) is 18.2 Å². The molecule has 0 saturated heterocycles. The van der Waals surface area contributed by atoms with Crippen LogP contribution in [0.5, 0.6) is 5.75 Å². The molecule has 0 spiro atoms. The molecule has 1 aliphatic rings. The average molecular weight is 282 g/mol. The van der Waals surface area contributed by atoms with Crippen molar-refractivity contribution >= 4 is 0 Å². The minimum Gasteiger partial charge on any atom is -0.496 e. The lowest BCUT2D eigenvalue weighted by Gasteiger charge is -2.20.